The first-order chi connectivity index (χ1) is 22.9. The van der Waals surface area contributed by atoms with Crippen LogP contribution in [0, 0.1) is 5.92 Å². The summed E-state index contributed by atoms with van der Waals surface area (Å²) in [6, 6.07) is 21.3. The molecule has 0 radical (unpaired) electrons. The van der Waals surface area contributed by atoms with Gasteiger partial charge in [0.25, 0.3) is 5.91 Å². The molecule has 4 heterocycles. The highest BCUT2D eigenvalue weighted by molar-refractivity contribution is 9.10. The predicted octanol–water partition coefficient (Wildman–Crippen LogP) is 5.78. The summed E-state index contributed by atoms with van der Waals surface area (Å²) < 4.78 is 7.68. The van der Waals surface area contributed by atoms with E-state index in [2.05, 4.69) is 22.0 Å². The van der Waals surface area contributed by atoms with Gasteiger partial charge in [0.2, 0.25) is 11.8 Å². The predicted molar refractivity (Wildman–Crippen MR) is 189 cm³/mol. The Kier molecular flexibility index (Phi) is 8.64. The van der Waals surface area contributed by atoms with Gasteiger partial charge in [-0.3, -0.25) is 19.3 Å². The van der Waals surface area contributed by atoms with Crippen molar-refractivity contribution in [1.29, 1.82) is 0 Å². The van der Waals surface area contributed by atoms with E-state index in [4.69, 9.17) is 4.74 Å². The van der Waals surface area contributed by atoms with Crippen molar-refractivity contribution in [2.75, 3.05) is 23.0 Å². The van der Waals surface area contributed by atoms with Crippen molar-refractivity contribution in [3.05, 3.63) is 87.9 Å². The Morgan fingerprint density at radius 1 is 1.04 bits per heavy atom. The molecule has 4 aliphatic heterocycles. The van der Waals surface area contributed by atoms with E-state index >= 15 is 0 Å². The van der Waals surface area contributed by atoms with Crippen LogP contribution in [0.1, 0.15) is 49.3 Å². The summed E-state index contributed by atoms with van der Waals surface area (Å²) in [5.74, 6) is -0.664. The van der Waals surface area contributed by atoms with Gasteiger partial charge in [-0.2, -0.15) is 0 Å². The number of carbonyl (C=O) groups excluding carboxylic acids is 3. The van der Waals surface area contributed by atoms with E-state index in [1.165, 1.54) is 0 Å². The van der Waals surface area contributed by atoms with Crippen molar-refractivity contribution in [2.24, 2.45) is 5.92 Å². The van der Waals surface area contributed by atoms with E-state index in [-0.39, 0.29) is 48.9 Å². The van der Waals surface area contributed by atoms with Crippen LogP contribution < -0.4 is 9.80 Å². The lowest BCUT2D eigenvalue weighted by molar-refractivity contribution is -0.150. The molecular weight excluding hydrogens is 690 g/mol. The first-order valence-corrected chi connectivity index (χ1v) is 20.7. The Bertz CT molecular complexity index is 1760. The van der Waals surface area contributed by atoms with E-state index in [0.717, 1.165) is 57.5 Å². The van der Waals surface area contributed by atoms with Crippen molar-refractivity contribution >= 4 is 59.0 Å². The number of ether oxygens (including phenoxy) is 1. The molecule has 11 heteroatoms. The zero-order valence-electron chi connectivity index (χ0n) is 27.6. The molecule has 4 aliphatic rings. The standard InChI is InChI=1S/C37H42BrN3O6Si/c1-23-35(48(2,3)46)32(20-34(44)39-18-6-8-28(39)22-42)47-37(23)29-19-26(38)13-16-31(29)40(36(37)45)21-24-10-14-27(15-11-24)41-30-9-5-4-7-25(30)12-17-33(41)43/h4-5,7,9-11,13-16,19,23,28,32,35,42,46H,6,8,12,17-18,20-22H2,1-3H3/t23-,28+,32+,35-,37+/m1/s1. The van der Waals surface area contributed by atoms with Gasteiger partial charge in [-0.15, -0.1) is 0 Å². The maximum Gasteiger partial charge on any atom is 0.264 e. The number of aliphatic hydroxyl groups is 1. The number of nitrogens with zero attached hydrogens (tertiary/aromatic N) is 3. The monoisotopic (exact) mass is 731 g/mol. The Balaban J connectivity index is 1.20. The number of aryl methyl sites for hydroxylation is 1. The maximum absolute atomic E-state index is 14.8. The molecule has 48 heavy (non-hydrogen) atoms. The van der Waals surface area contributed by atoms with Gasteiger partial charge in [-0.1, -0.05) is 53.2 Å². The lowest BCUT2D eigenvalue weighted by Gasteiger charge is -2.33. The second-order valence-corrected chi connectivity index (χ2v) is 19.1. The summed E-state index contributed by atoms with van der Waals surface area (Å²) in [6.45, 7) is 6.47. The number of aliphatic hydroxyl groups excluding tert-OH is 1. The van der Waals surface area contributed by atoms with Crippen molar-refractivity contribution in [1.82, 2.24) is 4.90 Å². The third kappa shape index (κ3) is 5.44. The van der Waals surface area contributed by atoms with Gasteiger partial charge in [0.05, 0.1) is 43.1 Å². The quantitative estimate of drug-likeness (QED) is 0.299. The van der Waals surface area contributed by atoms with E-state index in [9.17, 15) is 24.3 Å². The zero-order chi connectivity index (χ0) is 34.0. The summed E-state index contributed by atoms with van der Waals surface area (Å²) in [5, 5.41) is 9.86. The van der Waals surface area contributed by atoms with Crippen molar-refractivity contribution < 1.29 is 29.0 Å². The average Bonchev–Trinajstić information content (AvgIpc) is 3.72. The molecule has 0 bridgehead atoms. The summed E-state index contributed by atoms with van der Waals surface area (Å²) in [5.41, 5.74) is 3.44. The van der Waals surface area contributed by atoms with Gasteiger partial charge in [0.1, 0.15) is 0 Å². The third-order valence-corrected chi connectivity index (χ3v) is 13.9. The Labute approximate surface area is 290 Å². The Hall–Kier alpha value is -3.35. The largest absolute Gasteiger partial charge is 0.432 e. The van der Waals surface area contributed by atoms with Gasteiger partial charge >= 0.3 is 0 Å². The molecule has 0 saturated carbocycles. The molecule has 3 amide bonds. The summed E-state index contributed by atoms with van der Waals surface area (Å²) in [4.78, 5) is 58.3. The van der Waals surface area contributed by atoms with Crippen LogP contribution in [0.5, 0.6) is 0 Å². The number of carbonyl (C=O) groups is 3. The third-order valence-electron chi connectivity index (χ3n) is 10.9. The van der Waals surface area contributed by atoms with Crippen molar-refractivity contribution in [2.45, 2.75) is 82.0 Å². The molecular formula is C37H42BrN3O6Si. The molecule has 9 nitrogen and oxygen atoms in total. The van der Waals surface area contributed by atoms with Crippen LogP contribution in [0.4, 0.5) is 17.1 Å². The number of halogens is 1. The average molecular weight is 733 g/mol. The summed E-state index contributed by atoms with van der Waals surface area (Å²) in [6.07, 6.45) is 2.17. The molecule has 3 aromatic carbocycles. The fourth-order valence-electron chi connectivity index (χ4n) is 8.69. The first kappa shape index (κ1) is 33.2. The van der Waals surface area contributed by atoms with Crippen LogP contribution >= 0.6 is 15.9 Å². The number of likely N-dealkylation sites (tertiary alicyclic amines) is 1. The van der Waals surface area contributed by atoms with Gasteiger partial charge in [0.15, 0.2) is 13.9 Å². The lowest BCUT2D eigenvalue weighted by atomic mass is 9.82. The highest BCUT2D eigenvalue weighted by Gasteiger charge is 2.66. The van der Waals surface area contributed by atoms with Crippen LogP contribution in [0.25, 0.3) is 0 Å². The van der Waals surface area contributed by atoms with Crippen LogP contribution in [0.2, 0.25) is 18.6 Å². The molecule has 0 unspecified atom stereocenters. The Morgan fingerprint density at radius 3 is 2.52 bits per heavy atom. The summed E-state index contributed by atoms with van der Waals surface area (Å²) >= 11 is 3.61. The minimum absolute atomic E-state index is 0.0423. The lowest BCUT2D eigenvalue weighted by Crippen LogP contribution is -2.46. The fraction of sp³-hybridized carbons (Fsp3) is 0.432. The van der Waals surface area contributed by atoms with Crippen molar-refractivity contribution in [3.8, 4) is 0 Å². The molecule has 0 aromatic heterocycles. The van der Waals surface area contributed by atoms with Gasteiger partial charge in [-0.25, -0.2) is 0 Å². The maximum atomic E-state index is 14.8. The molecule has 1 spiro atoms. The smallest absolute Gasteiger partial charge is 0.264 e. The number of rotatable bonds is 7. The molecule has 252 valence electrons. The number of anilines is 3. The minimum atomic E-state index is -2.95. The second-order valence-electron chi connectivity index (χ2n) is 14.2. The topological polar surface area (TPSA) is 111 Å². The van der Waals surface area contributed by atoms with E-state index in [1.54, 1.807) is 14.7 Å². The van der Waals surface area contributed by atoms with Gasteiger partial charge < -0.3 is 24.4 Å². The number of hydrogen-bond donors (Lipinski definition) is 2. The highest BCUT2D eigenvalue weighted by Crippen LogP contribution is 2.60. The van der Waals surface area contributed by atoms with Crippen LogP contribution in [-0.2, 0) is 37.7 Å². The molecule has 7 rings (SSSR count). The van der Waals surface area contributed by atoms with Gasteiger partial charge in [0, 0.05) is 40.1 Å². The van der Waals surface area contributed by atoms with E-state index < -0.39 is 25.9 Å². The number of fused-ring (bicyclic) bond motifs is 3. The summed E-state index contributed by atoms with van der Waals surface area (Å²) in [7, 11) is -2.95. The van der Waals surface area contributed by atoms with E-state index in [0.29, 0.717) is 13.0 Å². The first-order valence-electron chi connectivity index (χ1n) is 16.9. The Morgan fingerprint density at radius 2 is 1.79 bits per heavy atom. The number of hydrogen-bond acceptors (Lipinski definition) is 6. The van der Waals surface area contributed by atoms with Crippen LogP contribution in [-0.4, -0.2) is 66.1 Å². The molecule has 5 atom stereocenters. The van der Waals surface area contributed by atoms with Crippen LogP contribution in [0.15, 0.2) is 71.2 Å². The number of amides is 3. The minimum Gasteiger partial charge on any atom is -0.432 e. The SMILES string of the molecule is C[C@@H]1[C@@H]([Si](C)(C)O)[C@H](CC(=O)N2CCC[C@H]2CO)O[C@@]12C(=O)N(Cc1ccc(N3C(=O)CCc4ccccc43)cc1)c1ccc(Br)cc12. The van der Waals surface area contributed by atoms with Crippen molar-refractivity contribution in [3.63, 3.8) is 0 Å². The van der Waals surface area contributed by atoms with Crippen LogP contribution in [0.3, 0.4) is 0 Å². The number of para-hydroxylation sites is 1. The van der Waals surface area contributed by atoms with E-state index in [1.807, 2.05) is 80.7 Å². The highest BCUT2D eigenvalue weighted by atomic mass is 79.9. The molecule has 2 N–H and O–H groups in total. The number of benzene rings is 3. The molecule has 2 saturated heterocycles. The normalized spacial score (nSPS) is 26.8. The van der Waals surface area contributed by atoms with Gasteiger partial charge in [-0.05, 0) is 79.9 Å². The molecule has 3 aromatic rings. The molecule has 2 fully saturated rings. The second kappa shape index (κ2) is 12.5. The zero-order valence-corrected chi connectivity index (χ0v) is 30.2. The fourth-order valence-corrected chi connectivity index (χ4v) is 11.6. The molecule has 0 aliphatic carbocycles.